The van der Waals surface area contributed by atoms with Crippen LogP contribution in [0.3, 0.4) is 0 Å². The number of halogens is 1. The van der Waals surface area contributed by atoms with E-state index < -0.39 is 15.9 Å². The Morgan fingerprint density at radius 1 is 1.19 bits per heavy atom. The topological polar surface area (TPSA) is 75.7 Å². The first kappa shape index (κ1) is 20.2. The molecule has 2 aromatic rings. The number of carbonyl (C=O) groups is 1. The minimum Gasteiger partial charge on any atom is -0.495 e. The lowest BCUT2D eigenvalue weighted by Crippen LogP contribution is -2.38. The third kappa shape index (κ3) is 6.01. The van der Waals surface area contributed by atoms with Gasteiger partial charge in [-0.25, -0.2) is 8.42 Å². The highest BCUT2D eigenvalue weighted by molar-refractivity contribution is 7.88. The fourth-order valence-corrected chi connectivity index (χ4v) is 3.34. The summed E-state index contributed by atoms with van der Waals surface area (Å²) in [6.45, 7) is -0.0791. The molecule has 2 rings (SSSR count). The molecule has 0 aromatic heterocycles. The highest BCUT2D eigenvalue weighted by atomic mass is 35.5. The van der Waals surface area contributed by atoms with Crippen molar-refractivity contribution in [3.8, 4) is 5.75 Å². The highest BCUT2D eigenvalue weighted by Gasteiger charge is 2.20. The summed E-state index contributed by atoms with van der Waals surface area (Å²) in [6.07, 6.45) is 1.60. The molecule has 0 unspecified atom stereocenters. The molecule has 0 bridgehead atoms. The molecule has 0 saturated heterocycles. The molecule has 6 nitrogen and oxygen atoms in total. The summed E-state index contributed by atoms with van der Waals surface area (Å²) < 4.78 is 30.4. The average Bonchev–Trinajstić information content (AvgIpc) is 2.58. The van der Waals surface area contributed by atoms with Crippen molar-refractivity contribution in [2.24, 2.45) is 0 Å². The summed E-state index contributed by atoms with van der Waals surface area (Å²) >= 11 is 5.94. The number of ether oxygens (including phenoxy) is 1. The van der Waals surface area contributed by atoms with Gasteiger partial charge in [-0.3, -0.25) is 4.79 Å². The number of hydrogen-bond acceptors (Lipinski definition) is 4. The highest BCUT2D eigenvalue weighted by Crippen LogP contribution is 2.27. The Morgan fingerprint density at radius 3 is 2.50 bits per heavy atom. The van der Waals surface area contributed by atoms with E-state index in [-0.39, 0.29) is 13.1 Å². The monoisotopic (exact) mass is 396 g/mol. The second-order valence-corrected chi connectivity index (χ2v) is 8.14. The van der Waals surface area contributed by atoms with Gasteiger partial charge < -0.3 is 10.1 Å². The van der Waals surface area contributed by atoms with Crippen molar-refractivity contribution in [2.75, 3.05) is 31.8 Å². The maximum atomic E-state index is 12.3. The van der Waals surface area contributed by atoms with Crippen LogP contribution in [0.2, 0.25) is 5.02 Å². The van der Waals surface area contributed by atoms with Crippen LogP contribution >= 0.6 is 11.6 Å². The van der Waals surface area contributed by atoms with Crippen molar-refractivity contribution >= 4 is 33.2 Å². The van der Waals surface area contributed by atoms with E-state index in [1.807, 2.05) is 30.3 Å². The number of benzene rings is 2. The number of anilines is 1. The lowest BCUT2D eigenvalue weighted by molar-refractivity contribution is -0.116. The molecule has 1 N–H and O–H groups in total. The van der Waals surface area contributed by atoms with Gasteiger partial charge in [-0.2, -0.15) is 4.31 Å². The summed E-state index contributed by atoms with van der Waals surface area (Å²) in [5, 5.41) is 3.08. The van der Waals surface area contributed by atoms with Crippen molar-refractivity contribution < 1.29 is 17.9 Å². The molecule has 2 aromatic carbocycles. The zero-order valence-corrected chi connectivity index (χ0v) is 16.2. The van der Waals surface area contributed by atoms with Crippen LogP contribution in [0, 0.1) is 0 Å². The van der Waals surface area contributed by atoms with Crippen LogP contribution in [0.25, 0.3) is 0 Å². The van der Waals surface area contributed by atoms with E-state index >= 15 is 0 Å². The van der Waals surface area contributed by atoms with Crippen molar-refractivity contribution in [3.05, 3.63) is 59.1 Å². The maximum Gasteiger partial charge on any atom is 0.239 e. The Balaban J connectivity index is 2.06. The first-order chi connectivity index (χ1) is 12.3. The number of nitrogens with zero attached hydrogens (tertiary/aromatic N) is 1. The van der Waals surface area contributed by atoms with E-state index in [0.717, 1.165) is 16.1 Å². The van der Waals surface area contributed by atoms with Crippen molar-refractivity contribution in [2.45, 2.75) is 6.42 Å². The minimum atomic E-state index is -3.53. The molecule has 0 spiro atoms. The van der Waals surface area contributed by atoms with E-state index in [1.165, 1.54) is 7.11 Å². The normalized spacial score (nSPS) is 11.4. The minimum absolute atomic E-state index is 0.211. The summed E-state index contributed by atoms with van der Waals surface area (Å²) in [7, 11) is -2.06. The van der Waals surface area contributed by atoms with E-state index in [4.69, 9.17) is 16.3 Å². The van der Waals surface area contributed by atoms with Gasteiger partial charge in [0.1, 0.15) is 5.75 Å². The van der Waals surface area contributed by atoms with Crippen molar-refractivity contribution in [3.63, 3.8) is 0 Å². The molecule has 0 aliphatic rings. The van der Waals surface area contributed by atoms with Gasteiger partial charge in [0.05, 0.1) is 25.6 Å². The van der Waals surface area contributed by atoms with Crippen LogP contribution in [0.15, 0.2) is 48.5 Å². The molecule has 140 valence electrons. The third-order valence-electron chi connectivity index (χ3n) is 3.72. The van der Waals surface area contributed by atoms with Crippen LogP contribution < -0.4 is 10.1 Å². The molecular formula is C18H21ClN2O4S. The molecule has 0 aliphatic carbocycles. The predicted molar refractivity (Wildman–Crippen MR) is 103 cm³/mol. The number of sulfonamides is 1. The van der Waals surface area contributed by atoms with E-state index in [1.54, 1.807) is 18.2 Å². The molecular weight excluding hydrogens is 376 g/mol. The third-order valence-corrected chi connectivity index (χ3v) is 5.20. The zero-order valence-electron chi connectivity index (χ0n) is 14.6. The quantitative estimate of drug-likeness (QED) is 0.744. The standard InChI is InChI=1S/C18H21ClN2O4S/c1-25-17-9-8-15(19)12-16(17)20-18(22)13-21(26(2,23)24)11-10-14-6-4-3-5-7-14/h3-9,12H,10-11,13H2,1-2H3,(H,20,22). The molecule has 0 saturated carbocycles. The van der Waals surface area contributed by atoms with Gasteiger partial charge in [0.25, 0.3) is 0 Å². The number of methoxy groups -OCH3 is 1. The number of carbonyl (C=O) groups excluding carboxylic acids is 1. The summed E-state index contributed by atoms with van der Waals surface area (Å²) in [5.41, 5.74) is 1.39. The zero-order chi connectivity index (χ0) is 19.2. The van der Waals surface area contributed by atoms with Gasteiger partial charge >= 0.3 is 0 Å². The van der Waals surface area contributed by atoms with Gasteiger partial charge in [0.15, 0.2) is 0 Å². The fourth-order valence-electron chi connectivity index (χ4n) is 2.39. The van der Waals surface area contributed by atoms with E-state index in [9.17, 15) is 13.2 Å². The number of nitrogens with one attached hydrogen (secondary N) is 1. The Morgan fingerprint density at radius 2 is 1.88 bits per heavy atom. The van der Waals surface area contributed by atoms with Gasteiger partial charge in [0, 0.05) is 11.6 Å². The van der Waals surface area contributed by atoms with Crippen LogP contribution in [0.1, 0.15) is 5.56 Å². The van der Waals surface area contributed by atoms with Gasteiger partial charge in [-0.15, -0.1) is 0 Å². The molecule has 26 heavy (non-hydrogen) atoms. The first-order valence-electron chi connectivity index (χ1n) is 7.92. The van der Waals surface area contributed by atoms with Crippen LogP contribution in [0.5, 0.6) is 5.75 Å². The van der Waals surface area contributed by atoms with Crippen LogP contribution in [0.4, 0.5) is 5.69 Å². The van der Waals surface area contributed by atoms with Crippen LogP contribution in [-0.4, -0.2) is 45.1 Å². The Labute approximate surface area is 158 Å². The second-order valence-electron chi connectivity index (χ2n) is 5.72. The predicted octanol–water partition coefficient (Wildman–Crippen LogP) is 2.79. The number of hydrogen-bond donors (Lipinski definition) is 1. The molecule has 0 atom stereocenters. The Hall–Kier alpha value is -2.09. The smallest absolute Gasteiger partial charge is 0.239 e. The van der Waals surface area contributed by atoms with Crippen LogP contribution in [-0.2, 0) is 21.2 Å². The van der Waals surface area contributed by atoms with E-state index in [0.29, 0.717) is 22.9 Å². The van der Waals surface area contributed by atoms with Gasteiger partial charge in [0.2, 0.25) is 15.9 Å². The van der Waals surface area contributed by atoms with Crippen molar-refractivity contribution in [1.82, 2.24) is 4.31 Å². The first-order valence-corrected chi connectivity index (χ1v) is 10.1. The van der Waals surface area contributed by atoms with Gasteiger partial charge in [-0.05, 0) is 30.2 Å². The molecule has 0 radical (unpaired) electrons. The second kappa shape index (κ2) is 9.02. The fraction of sp³-hybridized carbons (Fsp3) is 0.278. The number of rotatable bonds is 8. The molecule has 1 amide bonds. The summed E-state index contributed by atoms with van der Waals surface area (Å²) in [5.74, 6) is -0.0259. The number of amides is 1. The Bertz CT molecular complexity index is 857. The lowest BCUT2D eigenvalue weighted by Gasteiger charge is -2.20. The average molecular weight is 397 g/mol. The van der Waals surface area contributed by atoms with Crippen molar-refractivity contribution in [1.29, 1.82) is 0 Å². The van der Waals surface area contributed by atoms with Gasteiger partial charge in [-0.1, -0.05) is 41.9 Å². The molecule has 0 heterocycles. The Kier molecular flexibility index (Phi) is 7.02. The van der Waals surface area contributed by atoms with E-state index in [2.05, 4.69) is 5.32 Å². The summed E-state index contributed by atoms with van der Waals surface area (Å²) in [6, 6.07) is 14.3. The SMILES string of the molecule is COc1ccc(Cl)cc1NC(=O)CN(CCc1ccccc1)S(C)(=O)=O. The maximum absolute atomic E-state index is 12.3. The molecule has 8 heteroatoms. The summed E-state index contributed by atoms with van der Waals surface area (Å²) in [4.78, 5) is 12.3. The largest absolute Gasteiger partial charge is 0.495 e. The molecule has 0 aliphatic heterocycles. The molecule has 0 fully saturated rings. The lowest BCUT2D eigenvalue weighted by atomic mass is 10.1.